The molecular formula is C19H26N2O5S. The zero-order chi connectivity index (χ0) is 20.2. The second kappa shape index (κ2) is 8.58. The van der Waals surface area contributed by atoms with Gasteiger partial charge in [0.15, 0.2) is 0 Å². The first-order chi connectivity index (χ1) is 12.7. The van der Waals surface area contributed by atoms with Gasteiger partial charge in [-0.1, -0.05) is 13.0 Å². The molecular weight excluding hydrogens is 368 g/mol. The minimum atomic E-state index is -3.73. The van der Waals surface area contributed by atoms with Gasteiger partial charge >= 0.3 is 0 Å². The van der Waals surface area contributed by atoms with E-state index in [4.69, 9.17) is 9.15 Å². The van der Waals surface area contributed by atoms with Gasteiger partial charge in [0.1, 0.15) is 11.5 Å². The van der Waals surface area contributed by atoms with Crippen LogP contribution in [0.3, 0.4) is 0 Å². The van der Waals surface area contributed by atoms with Gasteiger partial charge in [-0.05, 0) is 43.5 Å². The standard InChI is InChI=1S/C19H26N2O5S/c1-6-9-25-16-8-7-15(13(2)10-16)12-20-19(22)17-11-18(26-14(17)3)27(23,24)21(4)5/h7-8,10-11H,6,9,12H2,1-5H3,(H,20,22). The van der Waals surface area contributed by atoms with Crippen LogP contribution in [0.25, 0.3) is 0 Å². The average Bonchev–Trinajstić information content (AvgIpc) is 3.01. The van der Waals surface area contributed by atoms with E-state index in [0.717, 1.165) is 27.6 Å². The third-order valence-electron chi connectivity index (χ3n) is 4.10. The van der Waals surface area contributed by atoms with Gasteiger partial charge in [-0.2, -0.15) is 0 Å². The lowest BCUT2D eigenvalue weighted by atomic mass is 10.1. The van der Waals surface area contributed by atoms with Gasteiger partial charge in [0.2, 0.25) is 5.09 Å². The van der Waals surface area contributed by atoms with E-state index in [9.17, 15) is 13.2 Å². The Morgan fingerprint density at radius 2 is 1.93 bits per heavy atom. The van der Waals surface area contributed by atoms with E-state index in [2.05, 4.69) is 5.32 Å². The smallest absolute Gasteiger partial charge is 0.275 e. The topological polar surface area (TPSA) is 88.8 Å². The quantitative estimate of drug-likeness (QED) is 0.744. The molecule has 0 saturated heterocycles. The molecule has 0 unspecified atom stereocenters. The van der Waals surface area contributed by atoms with Crippen LogP contribution in [0, 0.1) is 13.8 Å². The van der Waals surface area contributed by atoms with Crippen molar-refractivity contribution in [2.45, 2.75) is 38.8 Å². The summed E-state index contributed by atoms with van der Waals surface area (Å²) in [7, 11) is -0.913. The molecule has 0 saturated carbocycles. The summed E-state index contributed by atoms with van der Waals surface area (Å²) in [6.45, 7) is 6.54. The maximum Gasteiger partial charge on any atom is 0.275 e. The summed E-state index contributed by atoms with van der Waals surface area (Å²) >= 11 is 0. The summed E-state index contributed by atoms with van der Waals surface area (Å²) in [4.78, 5) is 12.5. The Bertz CT molecular complexity index is 916. The van der Waals surface area contributed by atoms with Crippen molar-refractivity contribution in [2.24, 2.45) is 0 Å². The molecule has 1 aromatic carbocycles. The Labute approximate surface area is 160 Å². The molecule has 0 spiro atoms. The number of amides is 1. The Balaban J connectivity index is 2.09. The molecule has 148 valence electrons. The first-order valence-electron chi connectivity index (χ1n) is 8.70. The fourth-order valence-electron chi connectivity index (χ4n) is 2.43. The zero-order valence-corrected chi connectivity index (χ0v) is 17.1. The summed E-state index contributed by atoms with van der Waals surface area (Å²) < 4.78 is 36.2. The lowest BCUT2D eigenvalue weighted by molar-refractivity contribution is 0.0949. The van der Waals surface area contributed by atoms with Crippen LogP contribution in [0.15, 0.2) is 33.8 Å². The Morgan fingerprint density at radius 1 is 1.22 bits per heavy atom. The summed E-state index contributed by atoms with van der Waals surface area (Å²) in [6.07, 6.45) is 0.937. The minimum absolute atomic E-state index is 0.205. The van der Waals surface area contributed by atoms with Crippen LogP contribution >= 0.6 is 0 Å². The van der Waals surface area contributed by atoms with Gasteiger partial charge < -0.3 is 14.5 Å². The molecule has 1 N–H and O–H groups in total. The second-order valence-corrected chi connectivity index (χ2v) is 8.52. The van der Waals surface area contributed by atoms with Crippen LogP contribution in [0.2, 0.25) is 0 Å². The normalized spacial score (nSPS) is 11.6. The molecule has 0 aliphatic rings. The first-order valence-corrected chi connectivity index (χ1v) is 10.1. The molecule has 1 aromatic heterocycles. The number of aryl methyl sites for hydroxylation is 2. The van der Waals surface area contributed by atoms with E-state index in [0.29, 0.717) is 13.2 Å². The van der Waals surface area contributed by atoms with Crippen LogP contribution in [0.4, 0.5) is 0 Å². The van der Waals surface area contributed by atoms with E-state index < -0.39 is 10.0 Å². The van der Waals surface area contributed by atoms with Gasteiger partial charge in [0.25, 0.3) is 15.9 Å². The maximum absolute atomic E-state index is 12.5. The maximum atomic E-state index is 12.5. The van der Waals surface area contributed by atoms with Gasteiger partial charge in [-0.3, -0.25) is 4.79 Å². The number of rotatable bonds is 8. The number of hydrogen-bond donors (Lipinski definition) is 1. The number of nitrogens with zero attached hydrogens (tertiary/aromatic N) is 1. The van der Waals surface area contributed by atoms with Crippen molar-refractivity contribution in [1.29, 1.82) is 0 Å². The molecule has 27 heavy (non-hydrogen) atoms. The summed E-state index contributed by atoms with van der Waals surface area (Å²) in [5, 5.41) is 2.56. The lowest BCUT2D eigenvalue weighted by Gasteiger charge is -2.10. The lowest BCUT2D eigenvalue weighted by Crippen LogP contribution is -2.24. The highest BCUT2D eigenvalue weighted by Gasteiger charge is 2.25. The molecule has 0 fully saturated rings. The van der Waals surface area contributed by atoms with Gasteiger partial charge in [-0.25, -0.2) is 12.7 Å². The molecule has 0 radical (unpaired) electrons. The molecule has 7 nitrogen and oxygen atoms in total. The molecule has 1 heterocycles. The van der Waals surface area contributed by atoms with Crippen molar-refractivity contribution in [1.82, 2.24) is 9.62 Å². The van der Waals surface area contributed by atoms with Crippen molar-refractivity contribution in [2.75, 3.05) is 20.7 Å². The number of carbonyl (C=O) groups is 1. The van der Waals surface area contributed by atoms with Crippen molar-refractivity contribution >= 4 is 15.9 Å². The second-order valence-electron chi connectivity index (χ2n) is 6.44. The molecule has 0 atom stereocenters. The Morgan fingerprint density at radius 3 is 2.52 bits per heavy atom. The Kier molecular flexibility index (Phi) is 6.67. The van der Waals surface area contributed by atoms with E-state index in [-0.39, 0.29) is 22.3 Å². The van der Waals surface area contributed by atoms with Crippen LogP contribution in [0.1, 0.15) is 40.6 Å². The van der Waals surface area contributed by atoms with Crippen molar-refractivity contribution in [3.63, 3.8) is 0 Å². The minimum Gasteiger partial charge on any atom is -0.494 e. The van der Waals surface area contributed by atoms with Crippen LogP contribution < -0.4 is 10.1 Å². The zero-order valence-electron chi connectivity index (χ0n) is 16.3. The van der Waals surface area contributed by atoms with Crippen LogP contribution in [-0.2, 0) is 16.6 Å². The molecule has 1 amide bonds. The third-order valence-corrected chi connectivity index (χ3v) is 5.77. The largest absolute Gasteiger partial charge is 0.494 e. The fourth-order valence-corrected chi connectivity index (χ4v) is 3.29. The number of hydrogen-bond acceptors (Lipinski definition) is 5. The van der Waals surface area contributed by atoms with Gasteiger partial charge in [-0.15, -0.1) is 0 Å². The van der Waals surface area contributed by atoms with E-state index in [1.807, 2.05) is 32.0 Å². The van der Waals surface area contributed by atoms with Gasteiger partial charge in [0.05, 0.1) is 12.2 Å². The number of ether oxygens (including phenoxy) is 1. The van der Waals surface area contributed by atoms with Crippen molar-refractivity contribution in [3.8, 4) is 5.75 Å². The Hall–Kier alpha value is -2.32. The van der Waals surface area contributed by atoms with Crippen LogP contribution in [0.5, 0.6) is 5.75 Å². The number of benzene rings is 1. The molecule has 2 aromatic rings. The van der Waals surface area contributed by atoms with Gasteiger partial charge in [0, 0.05) is 26.7 Å². The third kappa shape index (κ3) is 4.90. The molecule has 2 rings (SSSR count). The highest BCUT2D eigenvalue weighted by molar-refractivity contribution is 7.88. The summed E-state index contributed by atoms with van der Waals surface area (Å²) in [5.41, 5.74) is 2.16. The first kappa shape index (κ1) is 21.0. The summed E-state index contributed by atoms with van der Waals surface area (Å²) in [5.74, 6) is 0.670. The molecule has 0 bridgehead atoms. The van der Waals surface area contributed by atoms with Crippen LogP contribution in [-0.4, -0.2) is 39.3 Å². The van der Waals surface area contributed by atoms with Crippen molar-refractivity contribution < 1.29 is 22.4 Å². The fraction of sp³-hybridized carbons (Fsp3) is 0.421. The summed E-state index contributed by atoms with van der Waals surface area (Å²) in [6, 6.07) is 6.97. The number of furan rings is 1. The number of sulfonamides is 1. The predicted molar refractivity (Wildman–Crippen MR) is 102 cm³/mol. The molecule has 0 aliphatic heterocycles. The van der Waals surface area contributed by atoms with E-state index in [1.54, 1.807) is 6.92 Å². The highest BCUT2D eigenvalue weighted by atomic mass is 32.2. The molecule has 0 aliphatic carbocycles. The number of carbonyl (C=O) groups excluding carboxylic acids is 1. The average molecular weight is 394 g/mol. The highest BCUT2D eigenvalue weighted by Crippen LogP contribution is 2.22. The van der Waals surface area contributed by atoms with E-state index >= 15 is 0 Å². The number of nitrogens with one attached hydrogen (secondary N) is 1. The molecule has 8 heteroatoms. The van der Waals surface area contributed by atoms with Crippen molar-refractivity contribution in [3.05, 3.63) is 46.7 Å². The SMILES string of the molecule is CCCOc1ccc(CNC(=O)c2cc(S(=O)(=O)N(C)C)oc2C)c(C)c1. The predicted octanol–water partition coefficient (Wildman–Crippen LogP) is 2.87. The van der Waals surface area contributed by atoms with E-state index in [1.165, 1.54) is 20.2 Å². The monoisotopic (exact) mass is 394 g/mol.